The van der Waals surface area contributed by atoms with Gasteiger partial charge in [0, 0.05) is 11.6 Å². The Hall–Kier alpha value is -1.29. The SMILES string of the molecule is CC1=CC(Oc2ccccc2Br)OC1=O. The normalized spacial score (nSPS) is 19.7. The maximum atomic E-state index is 11.1. The summed E-state index contributed by atoms with van der Waals surface area (Å²) in [6.45, 7) is 1.70. The Morgan fingerprint density at radius 1 is 1.40 bits per heavy atom. The molecule has 0 radical (unpaired) electrons. The molecule has 1 atom stereocenters. The molecular weight excluding hydrogens is 260 g/mol. The minimum Gasteiger partial charge on any atom is -0.450 e. The van der Waals surface area contributed by atoms with E-state index in [2.05, 4.69) is 15.9 Å². The third kappa shape index (κ3) is 2.21. The lowest BCUT2D eigenvalue weighted by atomic mass is 10.3. The van der Waals surface area contributed by atoms with Gasteiger partial charge in [0.15, 0.2) is 0 Å². The molecule has 15 heavy (non-hydrogen) atoms. The summed E-state index contributed by atoms with van der Waals surface area (Å²) >= 11 is 3.35. The van der Waals surface area contributed by atoms with E-state index >= 15 is 0 Å². The average Bonchev–Trinajstić information content (AvgIpc) is 2.50. The first-order valence-corrected chi connectivity index (χ1v) is 5.27. The van der Waals surface area contributed by atoms with Crippen LogP contribution in [0, 0.1) is 0 Å². The molecule has 0 bridgehead atoms. The molecule has 1 heterocycles. The minimum atomic E-state index is -0.615. The highest BCUT2D eigenvalue weighted by atomic mass is 79.9. The summed E-state index contributed by atoms with van der Waals surface area (Å²) in [4.78, 5) is 11.1. The number of rotatable bonds is 2. The number of carbonyl (C=O) groups is 1. The van der Waals surface area contributed by atoms with Gasteiger partial charge in [0.25, 0.3) is 6.29 Å². The van der Waals surface area contributed by atoms with E-state index in [1.165, 1.54) is 0 Å². The maximum Gasteiger partial charge on any atom is 0.336 e. The molecule has 1 aliphatic rings. The second-order valence-electron chi connectivity index (χ2n) is 3.17. The van der Waals surface area contributed by atoms with Crippen LogP contribution in [0.15, 0.2) is 40.4 Å². The van der Waals surface area contributed by atoms with Crippen LogP contribution in [0.4, 0.5) is 0 Å². The van der Waals surface area contributed by atoms with E-state index in [1.807, 2.05) is 18.2 Å². The standard InChI is InChI=1S/C11H9BrO3/c1-7-6-10(15-11(7)13)14-9-5-3-2-4-8(9)12/h2-6,10H,1H3. The third-order valence-electron chi connectivity index (χ3n) is 2.01. The van der Waals surface area contributed by atoms with Crippen molar-refractivity contribution >= 4 is 21.9 Å². The van der Waals surface area contributed by atoms with Gasteiger partial charge in [-0.25, -0.2) is 4.79 Å². The maximum absolute atomic E-state index is 11.1. The zero-order valence-electron chi connectivity index (χ0n) is 8.07. The highest BCUT2D eigenvalue weighted by Crippen LogP contribution is 2.26. The molecule has 3 nitrogen and oxygen atoms in total. The fourth-order valence-electron chi connectivity index (χ4n) is 1.23. The number of carbonyl (C=O) groups excluding carboxylic acids is 1. The monoisotopic (exact) mass is 268 g/mol. The Bertz CT molecular complexity index is 426. The smallest absolute Gasteiger partial charge is 0.336 e. The van der Waals surface area contributed by atoms with Gasteiger partial charge in [0.2, 0.25) is 0 Å². The van der Waals surface area contributed by atoms with Gasteiger partial charge >= 0.3 is 5.97 Å². The van der Waals surface area contributed by atoms with E-state index in [-0.39, 0.29) is 5.97 Å². The number of benzene rings is 1. The summed E-state index contributed by atoms with van der Waals surface area (Å²) < 4.78 is 11.3. The van der Waals surface area contributed by atoms with Crippen molar-refractivity contribution in [1.82, 2.24) is 0 Å². The fraction of sp³-hybridized carbons (Fsp3) is 0.182. The highest BCUT2D eigenvalue weighted by Gasteiger charge is 2.23. The molecule has 0 spiro atoms. The zero-order valence-corrected chi connectivity index (χ0v) is 9.65. The molecule has 78 valence electrons. The van der Waals surface area contributed by atoms with Crippen LogP contribution in [-0.2, 0) is 9.53 Å². The fourth-order valence-corrected chi connectivity index (χ4v) is 1.61. The van der Waals surface area contributed by atoms with Crippen molar-refractivity contribution in [3.63, 3.8) is 0 Å². The number of hydrogen-bond acceptors (Lipinski definition) is 3. The number of halogens is 1. The van der Waals surface area contributed by atoms with Gasteiger partial charge in [-0.1, -0.05) is 12.1 Å². The molecule has 1 aromatic carbocycles. The second kappa shape index (κ2) is 4.06. The van der Waals surface area contributed by atoms with Crippen LogP contribution in [0.2, 0.25) is 0 Å². The van der Waals surface area contributed by atoms with Crippen LogP contribution in [0.3, 0.4) is 0 Å². The number of para-hydroxylation sites is 1. The van der Waals surface area contributed by atoms with Gasteiger partial charge in [-0.15, -0.1) is 0 Å². The lowest BCUT2D eigenvalue weighted by molar-refractivity contribution is -0.148. The van der Waals surface area contributed by atoms with Crippen molar-refractivity contribution in [3.8, 4) is 5.75 Å². The molecular formula is C11H9BrO3. The number of esters is 1. The molecule has 4 heteroatoms. The zero-order chi connectivity index (χ0) is 10.8. The topological polar surface area (TPSA) is 35.5 Å². The van der Waals surface area contributed by atoms with Crippen LogP contribution >= 0.6 is 15.9 Å². The van der Waals surface area contributed by atoms with Crippen molar-refractivity contribution in [3.05, 3.63) is 40.4 Å². The summed E-state index contributed by atoms with van der Waals surface area (Å²) in [5.74, 6) is 0.327. The van der Waals surface area contributed by atoms with E-state index in [0.29, 0.717) is 11.3 Å². The van der Waals surface area contributed by atoms with Gasteiger partial charge < -0.3 is 9.47 Å². The van der Waals surface area contributed by atoms with Gasteiger partial charge in [-0.05, 0) is 35.0 Å². The molecule has 0 saturated carbocycles. The quantitative estimate of drug-likeness (QED) is 0.774. The van der Waals surface area contributed by atoms with Crippen LogP contribution in [0.1, 0.15) is 6.92 Å². The van der Waals surface area contributed by atoms with Crippen molar-refractivity contribution < 1.29 is 14.3 Å². The van der Waals surface area contributed by atoms with E-state index in [4.69, 9.17) is 9.47 Å². The Morgan fingerprint density at radius 2 is 2.13 bits per heavy atom. The average molecular weight is 269 g/mol. The molecule has 2 rings (SSSR count). The number of hydrogen-bond donors (Lipinski definition) is 0. The Labute approximate surface area is 95.8 Å². The summed E-state index contributed by atoms with van der Waals surface area (Å²) in [7, 11) is 0. The van der Waals surface area contributed by atoms with E-state index in [1.54, 1.807) is 19.1 Å². The van der Waals surface area contributed by atoms with Crippen LogP contribution in [0.25, 0.3) is 0 Å². The summed E-state index contributed by atoms with van der Waals surface area (Å²) in [6.07, 6.45) is 1.04. The predicted octanol–water partition coefficient (Wildman–Crippen LogP) is 2.66. The largest absolute Gasteiger partial charge is 0.450 e. The molecule has 0 aromatic heterocycles. The van der Waals surface area contributed by atoms with Crippen molar-refractivity contribution in [2.45, 2.75) is 13.2 Å². The van der Waals surface area contributed by atoms with Gasteiger partial charge in [0.1, 0.15) is 5.75 Å². The first-order valence-electron chi connectivity index (χ1n) is 4.47. The Morgan fingerprint density at radius 3 is 2.73 bits per heavy atom. The first-order chi connectivity index (χ1) is 7.16. The molecule has 0 saturated heterocycles. The van der Waals surface area contributed by atoms with Gasteiger partial charge in [0.05, 0.1) is 4.47 Å². The van der Waals surface area contributed by atoms with Gasteiger partial charge in [-0.2, -0.15) is 0 Å². The lowest BCUT2D eigenvalue weighted by Gasteiger charge is -2.12. The lowest BCUT2D eigenvalue weighted by Crippen LogP contribution is -2.15. The predicted molar refractivity (Wildman–Crippen MR) is 58.4 cm³/mol. The Balaban J connectivity index is 2.11. The summed E-state index contributed by atoms with van der Waals surface area (Å²) in [5.41, 5.74) is 0.576. The minimum absolute atomic E-state index is 0.327. The third-order valence-corrected chi connectivity index (χ3v) is 2.67. The highest BCUT2D eigenvalue weighted by molar-refractivity contribution is 9.10. The van der Waals surface area contributed by atoms with Gasteiger partial charge in [-0.3, -0.25) is 0 Å². The van der Waals surface area contributed by atoms with E-state index in [0.717, 1.165) is 4.47 Å². The first kappa shape index (κ1) is 10.2. The van der Waals surface area contributed by atoms with Crippen molar-refractivity contribution in [2.24, 2.45) is 0 Å². The van der Waals surface area contributed by atoms with Crippen molar-refractivity contribution in [2.75, 3.05) is 0 Å². The summed E-state index contributed by atoms with van der Waals surface area (Å²) in [6, 6.07) is 7.41. The molecule has 0 amide bonds. The number of cyclic esters (lactones) is 1. The molecule has 0 aliphatic carbocycles. The molecule has 0 N–H and O–H groups in total. The number of ether oxygens (including phenoxy) is 2. The molecule has 1 aliphatic heterocycles. The summed E-state index contributed by atoms with van der Waals surface area (Å²) in [5, 5.41) is 0. The van der Waals surface area contributed by atoms with Crippen molar-refractivity contribution in [1.29, 1.82) is 0 Å². The molecule has 1 aromatic rings. The van der Waals surface area contributed by atoms with E-state index < -0.39 is 6.29 Å². The van der Waals surface area contributed by atoms with Crippen LogP contribution < -0.4 is 4.74 Å². The second-order valence-corrected chi connectivity index (χ2v) is 4.03. The molecule has 1 unspecified atom stereocenters. The van der Waals surface area contributed by atoms with Crippen LogP contribution in [-0.4, -0.2) is 12.3 Å². The van der Waals surface area contributed by atoms with E-state index in [9.17, 15) is 4.79 Å². The van der Waals surface area contributed by atoms with Crippen LogP contribution in [0.5, 0.6) is 5.75 Å². The Kier molecular flexibility index (Phi) is 2.77. The molecule has 0 fully saturated rings.